The zero-order valence-electron chi connectivity index (χ0n) is 14.8. The van der Waals surface area contributed by atoms with Gasteiger partial charge in [-0.1, -0.05) is 12.1 Å². The molecule has 1 saturated heterocycles. The molecule has 9 heteroatoms. The molecule has 3 heterocycles. The molecule has 1 aliphatic rings. The standard InChI is InChI=1S/C18H20FN5S.2ClH/c1-23-8-7-21-17(23)16-10-20-6-9-24(16)11-13-12-25-18(22-13)14-4-2-3-5-15(14)19;;/h2-5,7-8,12,16,20H,6,9-11H2,1H3;2*1H. The first kappa shape index (κ1) is 21.8. The summed E-state index contributed by atoms with van der Waals surface area (Å²) in [4.78, 5) is 11.6. The average molecular weight is 430 g/mol. The van der Waals surface area contributed by atoms with Gasteiger partial charge in [0.15, 0.2) is 0 Å². The molecule has 0 amide bonds. The van der Waals surface area contributed by atoms with Crippen molar-refractivity contribution in [1.82, 2.24) is 24.8 Å². The number of nitrogens with zero attached hydrogens (tertiary/aromatic N) is 4. The van der Waals surface area contributed by atoms with E-state index >= 15 is 0 Å². The van der Waals surface area contributed by atoms with Gasteiger partial charge >= 0.3 is 0 Å². The molecule has 146 valence electrons. The molecule has 1 aliphatic heterocycles. The lowest BCUT2D eigenvalue weighted by molar-refractivity contribution is 0.143. The highest BCUT2D eigenvalue weighted by Gasteiger charge is 2.27. The van der Waals surface area contributed by atoms with Crippen LogP contribution in [0.1, 0.15) is 17.6 Å². The molecule has 2 aromatic heterocycles. The van der Waals surface area contributed by atoms with Gasteiger partial charge in [0.05, 0.1) is 11.7 Å². The quantitative estimate of drug-likeness (QED) is 0.686. The van der Waals surface area contributed by atoms with Crippen LogP contribution in [0.25, 0.3) is 10.6 Å². The smallest absolute Gasteiger partial charge is 0.133 e. The van der Waals surface area contributed by atoms with E-state index in [1.54, 1.807) is 12.1 Å². The monoisotopic (exact) mass is 429 g/mol. The van der Waals surface area contributed by atoms with Crippen molar-refractivity contribution in [3.8, 4) is 10.6 Å². The van der Waals surface area contributed by atoms with Gasteiger partial charge in [0.25, 0.3) is 0 Å². The Morgan fingerprint density at radius 1 is 1.30 bits per heavy atom. The van der Waals surface area contributed by atoms with Gasteiger partial charge in [0.1, 0.15) is 16.6 Å². The first-order valence-electron chi connectivity index (χ1n) is 8.33. The van der Waals surface area contributed by atoms with Gasteiger partial charge in [0.2, 0.25) is 0 Å². The second kappa shape index (κ2) is 9.61. The summed E-state index contributed by atoms with van der Waals surface area (Å²) in [6.07, 6.45) is 3.81. The fourth-order valence-corrected chi connectivity index (χ4v) is 4.07. The molecular weight excluding hydrogens is 408 g/mol. The molecule has 1 N–H and O–H groups in total. The number of piperazine rings is 1. The lowest BCUT2D eigenvalue weighted by Crippen LogP contribution is -2.46. The highest BCUT2D eigenvalue weighted by Crippen LogP contribution is 2.28. The number of rotatable bonds is 4. The second-order valence-corrected chi connectivity index (χ2v) is 7.07. The zero-order chi connectivity index (χ0) is 17.2. The number of benzene rings is 1. The summed E-state index contributed by atoms with van der Waals surface area (Å²) < 4.78 is 16.0. The van der Waals surface area contributed by atoms with Gasteiger partial charge in [-0.05, 0) is 12.1 Å². The van der Waals surface area contributed by atoms with Crippen molar-refractivity contribution in [3.05, 3.63) is 59.4 Å². The van der Waals surface area contributed by atoms with E-state index < -0.39 is 0 Å². The van der Waals surface area contributed by atoms with Crippen LogP contribution in [0.4, 0.5) is 4.39 Å². The minimum Gasteiger partial charge on any atom is -0.337 e. The first-order chi connectivity index (χ1) is 12.2. The number of aromatic nitrogens is 3. The normalized spacial score (nSPS) is 17.2. The van der Waals surface area contributed by atoms with Gasteiger partial charge in [-0.15, -0.1) is 36.2 Å². The van der Waals surface area contributed by atoms with Crippen molar-refractivity contribution in [2.24, 2.45) is 7.05 Å². The van der Waals surface area contributed by atoms with Crippen LogP contribution in [0.15, 0.2) is 42.0 Å². The Balaban J connectivity index is 0.00000131. The first-order valence-corrected chi connectivity index (χ1v) is 9.21. The van der Waals surface area contributed by atoms with Gasteiger partial charge in [-0.2, -0.15) is 0 Å². The summed E-state index contributed by atoms with van der Waals surface area (Å²) in [5.41, 5.74) is 1.55. The van der Waals surface area contributed by atoms with Crippen molar-refractivity contribution in [2.75, 3.05) is 19.6 Å². The molecular formula is C18H22Cl2FN5S. The highest BCUT2D eigenvalue weighted by atomic mass is 35.5. The lowest BCUT2D eigenvalue weighted by atomic mass is 10.1. The van der Waals surface area contributed by atoms with Gasteiger partial charge in [-0.3, -0.25) is 4.90 Å². The Bertz CT molecular complexity index is 869. The van der Waals surface area contributed by atoms with Crippen LogP contribution in [-0.4, -0.2) is 39.1 Å². The molecule has 0 saturated carbocycles. The maximum atomic E-state index is 14.0. The number of aryl methyl sites for hydroxylation is 1. The molecule has 0 spiro atoms. The highest BCUT2D eigenvalue weighted by molar-refractivity contribution is 7.13. The number of hydrogen-bond acceptors (Lipinski definition) is 5. The maximum Gasteiger partial charge on any atom is 0.133 e. The molecule has 1 atom stereocenters. The van der Waals surface area contributed by atoms with Gasteiger partial charge < -0.3 is 9.88 Å². The average Bonchev–Trinajstić information content (AvgIpc) is 3.25. The molecule has 1 unspecified atom stereocenters. The van der Waals surface area contributed by atoms with E-state index in [4.69, 9.17) is 0 Å². The van der Waals surface area contributed by atoms with Crippen LogP contribution in [0, 0.1) is 5.82 Å². The lowest BCUT2D eigenvalue weighted by Gasteiger charge is -2.35. The Morgan fingerprint density at radius 2 is 2.11 bits per heavy atom. The number of nitrogens with one attached hydrogen (secondary N) is 1. The van der Waals surface area contributed by atoms with E-state index in [1.807, 2.05) is 30.9 Å². The zero-order valence-corrected chi connectivity index (χ0v) is 17.3. The van der Waals surface area contributed by atoms with Crippen LogP contribution in [0.3, 0.4) is 0 Å². The largest absolute Gasteiger partial charge is 0.337 e. The Kier molecular flexibility index (Phi) is 7.76. The molecule has 1 aromatic carbocycles. The van der Waals surface area contributed by atoms with Crippen molar-refractivity contribution in [2.45, 2.75) is 12.6 Å². The molecule has 3 aromatic rings. The minimum atomic E-state index is -0.226. The third-order valence-corrected chi connectivity index (χ3v) is 5.46. The molecule has 0 aliphatic carbocycles. The third kappa shape index (κ3) is 4.67. The topological polar surface area (TPSA) is 46.0 Å². The minimum absolute atomic E-state index is 0. The molecule has 0 radical (unpaired) electrons. The predicted octanol–water partition coefficient (Wildman–Crippen LogP) is 3.67. The summed E-state index contributed by atoms with van der Waals surface area (Å²) in [6.45, 7) is 3.49. The number of hydrogen-bond donors (Lipinski definition) is 1. The fourth-order valence-electron chi connectivity index (χ4n) is 3.23. The molecule has 27 heavy (non-hydrogen) atoms. The van der Waals surface area contributed by atoms with E-state index in [0.29, 0.717) is 5.56 Å². The van der Waals surface area contributed by atoms with Crippen molar-refractivity contribution < 1.29 is 4.39 Å². The maximum absolute atomic E-state index is 14.0. The van der Waals surface area contributed by atoms with Crippen molar-refractivity contribution >= 4 is 36.2 Å². The Morgan fingerprint density at radius 3 is 2.85 bits per heavy atom. The molecule has 0 bridgehead atoms. The van der Waals surface area contributed by atoms with Gasteiger partial charge in [-0.25, -0.2) is 14.4 Å². The molecule has 5 nitrogen and oxygen atoms in total. The van der Waals surface area contributed by atoms with E-state index in [1.165, 1.54) is 17.4 Å². The molecule has 4 rings (SSSR count). The van der Waals surface area contributed by atoms with Crippen LogP contribution in [-0.2, 0) is 13.6 Å². The second-order valence-electron chi connectivity index (χ2n) is 6.21. The van der Waals surface area contributed by atoms with Crippen LogP contribution >= 0.6 is 36.2 Å². The summed E-state index contributed by atoms with van der Waals surface area (Å²) in [5, 5.41) is 6.20. The number of imidazole rings is 1. The summed E-state index contributed by atoms with van der Waals surface area (Å²) >= 11 is 1.49. The summed E-state index contributed by atoms with van der Waals surface area (Å²) in [5.74, 6) is 0.827. The summed E-state index contributed by atoms with van der Waals surface area (Å²) in [7, 11) is 2.02. The van der Waals surface area contributed by atoms with Crippen LogP contribution < -0.4 is 5.32 Å². The van der Waals surface area contributed by atoms with E-state index in [0.717, 1.165) is 42.7 Å². The number of halogens is 3. The van der Waals surface area contributed by atoms with Gasteiger partial charge in [0, 0.05) is 56.6 Å². The molecule has 1 fully saturated rings. The third-order valence-electron chi connectivity index (χ3n) is 4.53. The number of thiazole rings is 1. The Labute approximate surface area is 174 Å². The van der Waals surface area contributed by atoms with E-state index in [2.05, 4.69) is 24.8 Å². The van der Waals surface area contributed by atoms with Crippen molar-refractivity contribution in [3.63, 3.8) is 0 Å². The van der Waals surface area contributed by atoms with Crippen LogP contribution in [0.2, 0.25) is 0 Å². The van der Waals surface area contributed by atoms with Crippen molar-refractivity contribution in [1.29, 1.82) is 0 Å². The van der Waals surface area contributed by atoms with Crippen LogP contribution in [0.5, 0.6) is 0 Å². The summed E-state index contributed by atoms with van der Waals surface area (Å²) in [6, 6.07) is 7.01. The Hall–Kier alpha value is -1.51. The van der Waals surface area contributed by atoms with E-state index in [9.17, 15) is 4.39 Å². The SMILES string of the molecule is Cl.Cl.Cn1ccnc1C1CNCCN1Cc1csc(-c2ccccc2F)n1. The predicted molar refractivity (Wildman–Crippen MR) is 111 cm³/mol. The van der Waals surface area contributed by atoms with E-state index in [-0.39, 0.29) is 36.7 Å². The fraction of sp³-hybridized carbons (Fsp3) is 0.333.